The number of nitrogen functional groups attached to an aromatic ring is 1. The first-order valence-corrected chi connectivity index (χ1v) is 7.97. The van der Waals surface area contributed by atoms with E-state index < -0.39 is 0 Å². The number of carbonyl (C=O) groups is 1. The highest BCUT2D eigenvalue weighted by atomic mass is 16.5. The van der Waals surface area contributed by atoms with Gasteiger partial charge < -0.3 is 21.1 Å². The van der Waals surface area contributed by atoms with Gasteiger partial charge in [-0.25, -0.2) is 9.97 Å². The van der Waals surface area contributed by atoms with Crippen molar-refractivity contribution in [1.29, 1.82) is 0 Å². The van der Waals surface area contributed by atoms with Crippen LogP contribution in [0.4, 0.5) is 23.0 Å². The first kappa shape index (κ1) is 16.2. The summed E-state index contributed by atoms with van der Waals surface area (Å²) < 4.78 is 5.58. The molecule has 7 nitrogen and oxygen atoms in total. The van der Waals surface area contributed by atoms with Gasteiger partial charge in [-0.05, 0) is 44.0 Å². The quantitative estimate of drug-likeness (QED) is 0.701. The molecule has 0 bridgehead atoms. The number of anilines is 4. The summed E-state index contributed by atoms with van der Waals surface area (Å²) in [6, 6.07) is 7.16. The molecule has 0 spiro atoms. The van der Waals surface area contributed by atoms with Gasteiger partial charge >= 0.3 is 0 Å². The van der Waals surface area contributed by atoms with E-state index in [4.69, 9.17) is 10.5 Å². The third-order valence-electron chi connectivity index (χ3n) is 3.96. The van der Waals surface area contributed by atoms with Gasteiger partial charge in [-0.2, -0.15) is 0 Å². The van der Waals surface area contributed by atoms with Crippen molar-refractivity contribution in [2.24, 2.45) is 0 Å². The molecular weight excluding hydrogens is 306 g/mol. The molecule has 2 aromatic rings. The van der Waals surface area contributed by atoms with Gasteiger partial charge in [0.1, 0.15) is 12.0 Å². The van der Waals surface area contributed by atoms with Gasteiger partial charge in [-0.3, -0.25) is 4.79 Å². The van der Waals surface area contributed by atoms with Crippen molar-refractivity contribution in [3.63, 3.8) is 0 Å². The zero-order valence-electron chi connectivity index (χ0n) is 13.6. The molecule has 0 radical (unpaired) electrons. The summed E-state index contributed by atoms with van der Waals surface area (Å²) >= 11 is 0. The highest BCUT2D eigenvalue weighted by molar-refractivity contribution is 5.94. The number of hydrogen-bond donors (Lipinski definition) is 3. The van der Waals surface area contributed by atoms with Crippen LogP contribution in [0, 0.1) is 0 Å². The molecule has 0 aliphatic carbocycles. The highest BCUT2D eigenvalue weighted by Crippen LogP contribution is 2.26. The Morgan fingerprint density at radius 3 is 2.71 bits per heavy atom. The fourth-order valence-corrected chi connectivity index (χ4v) is 2.58. The Labute approximate surface area is 140 Å². The molecule has 1 aromatic heterocycles. The average molecular weight is 327 g/mol. The van der Waals surface area contributed by atoms with E-state index in [1.165, 1.54) is 13.3 Å². The summed E-state index contributed by atoms with van der Waals surface area (Å²) in [5.41, 5.74) is 8.06. The number of Topliss-reactive ketones (excluding diaryl/α,β-unsaturated/α-hetero) is 1. The maximum Gasteiger partial charge on any atom is 0.159 e. The van der Waals surface area contributed by atoms with Crippen LogP contribution in [0.1, 0.15) is 30.1 Å². The smallest absolute Gasteiger partial charge is 0.159 e. The zero-order chi connectivity index (χ0) is 16.9. The van der Waals surface area contributed by atoms with Crippen molar-refractivity contribution < 1.29 is 9.53 Å². The summed E-state index contributed by atoms with van der Waals surface area (Å²) in [7, 11) is 0. The molecule has 2 heterocycles. The topological polar surface area (TPSA) is 102 Å². The van der Waals surface area contributed by atoms with E-state index in [1.807, 2.05) is 12.1 Å². The molecule has 0 saturated carbocycles. The molecule has 4 N–H and O–H groups in total. The average Bonchev–Trinajstić information content (AvgIpc) is 3.09. The Hall–Kier alpha value is -2.67. The van der Waals surface area contributed by atoms with E-state index in [0.717, 1.165) is 25.1 Å². The molecule has 1 aromatic carbocycles. The van der Waals surface area contributed by atoms with Gasteiger partial charge in [-0.1, -0.05) is 0 Å². The van der Waals surface area contributed by atoms with Crippen LogP contribution < -0.4 is 16.4 Å². The SMILES string of the molecule is CC(=O)c1ccc(Nc2ncnc(NCC3CCCO3)c2N)cc1. The third-order valence-corrected chi connectivity index (χ3v) is 3.96. The highest BCUT2D eigenvalue weighted by Gasteiger charge is 2.16. The molecule has 0 amide bonds. The molecule has 1 saturated heterocycles. The minimum atomic E-state index is 0.0312. The molecule has 1 unspecified atom stereocenters. The molecule has 1 fully saturated rings. The first-order valence-electron chi connectivity index (χ1n) is 7.97. The van der Waals surface area contributed by atoms with Crippen molar-refractivity contribution >= 4 is 28.8 Å². The van der Waals surface area contributed by atoms with Crippen molar-refractivity contribution in [2.45, 2.75) is 25.9 Å². The lowest BCUT2D eigenvalue weighted by Gasteiger charge is -2.15. The van der Waals surface area contributed by atoms with Gasteiger partial charge in [0.2, 0.25) is 0 Å². The number of nitrogens with zero attached hydrogens (tertiary/aromatic N) is 2. The van der Waals surface area contributed by atoms with Gasteiger partial charge in [0.25, 0.3) is 0 Å². The number of nitrogens with one attached hydrogen (secondary N) is 2. The number of hydrogen-bond acceptors (Lipinski definition) is 7. The number of ketones is 1. The van der Waals surface area contributed by atoms with Crippen molar-refractivity contribution in [1.82, 2.24) is 9.97 Å². The molecule has 1 aliphatic heterocycles. The minimum Gasteiger partial charge on any atom is -0.393 e. The van der Waals surface area contributed by atoms with E-state index in [2.05, 4.69) is 20.6 Å². The van der Waals surface area contributed by atoms with Gasteiger partial charge in [0, 0.05) is 24.4 Å². The fraction of sp³-hybridized carbons (Fsp3) is 0.353. The van der Waals surface area contributed by atoms with E-state index in [0.29, 0.717) is 29.4 Å². The first-order chi connectivity index (χ1) is 11.6. The van der Waals surface area contributed by atoms with Gasteiger partial charge in [0.05, 0.1) is 6.10 Å². The Kier molecular flexibility index (Phi) is 4.90. The Morgan fingerprint density at radius 1 is 1.29 bits per heavy atom. The molecule has 3 rings (SSSR count). The predicted octanol–water partition coefficient (Wildman–Crippen LogP) is 2.60. The number of carbonyl (C=O) groups excluding carboxylic acids is 1. The van der Waals surface area contributed by atoms with Crippen LogP contribution >= 0.6 is 0 Å². The second kappa shape index (κ2) is 7.27. The maximum absolute atomic E-state index is 11.3. The monoisotopic (exact) mass is 327 g/mol. The zero-order valence-corrected chi connectivity index (χ0v) is 13.6. The standard InChI is InChI=1S/C17H21N5O2/c1-11(23)12-4-6-13(7-5-12)22-17-15(18)16(20-10-21-17)19-9-14-3-2-8-24-14/h4-7,10,14H,2-3,8-9,18H2,1H3,(H2,19,20,21,22). The molecule has 24 heavy (non-hydrogen) atoms. The van der Waals surface area contributed by atoms with Crippen LogP contribution in [0.5, 0.6) is 0 Å². The lowest BCUT2D eigenvalue weighted by molar-refractivity contribution is 0.101. The summed E-state index contributed by atoms with van der Waals surface area (Å²) in [5.74, 6) is 1.14. The molecule has 1 aliphatic rings. The molecule has 126 valence electrons. The van der Waals surface area contributed by atoms with E-state index >= 15 is 0 Å². The summed E-state index contributed by atoms with van der Waals surface area (Å²) in [5, 5.41) is 6.37. The van der Waals surface area contributed by atoms with Crippen LogP contribution in [0.15, 0.2) is 30.6 Å². The predicted molar refractivity (Wildman–Crippen MR) is 93.6 cm³/mol. The molecule has 7 heteroatoms. The third kappa shape index (κ3) is 3.80. The minimum absolute atomic E-state index is 0.0312. The van der Waals surface area contributed by atoms with Crippen LogP contribution in [-0.2, 0) is 4.74 Å². The van der Waals surface area contributed by atoms with Gasteiger partial charge in [0.15, 0.2) is 17.4 Å². The Bertz CT molecular complexity index is 711. The van der Waals surface area contributed by atoms with E-state index in [-0.39, 0.29) is 11.9 Å². The van der Waals surface area contributed by atoms with E-state index in [9.17, 15) is 4.79 Å². The number of aromatic nitrogens is 2. The summed E-state index contributed by atoms with van der Waals surface area (Å²) in [4.78, 5) is 19.7. The van der Waals surface area contributed by atoms with Crippen LogP contribution in [0.25, 0.3) is 0 Å². The summed E-state index contributed by atoms with van der Waals surface area (Å²) in [6.07, 6.45) is 3.80. The number of benzene rings is 1. The summed E-state index contributed by atoms with van der Waals surface area (Å²) in [6.45, 7) is 3.03. The van der Waals surface area contributed by atoms with Crippen molar-refractivity contribution in [2.75, 3.05) is 29.5 Å². The Balaban J connectivity index is 1.68. The molecule has 1 atom stereocenters. The van der Waals surface area contributed by atoms with Crippen molar-refractivity contribution in [3.05, 3.63) is 36.2 Å². The maximum atomic E-state index is 11.3. The number of rotatable bonds is 6. The van der Waals surface area contributed by atoms with Crippen LogP contribution in [-0.4, -0.2) is 35.0 Å². The van der Waals surface area contributed by atoms with Crippen LogP contribution in [0.2, 0.25) is 0 Å². The number of ether oxygens (including phenoxy) is 1. The van der Waals surface area contributed by atoms with Crippen LogP contribution in [0.3, 0.4) is 0 Å². The fourth-order valence-electron chi connectivity index (χ4n) is 2.58. The number of nitrogens with two attached hydrogens (primary N) is 1. The normalized spacial score (nSPS) is 16.8. The van der Waals surface area contributed by atoms with Gasteiger partial charge in [-0.15, -0.1) is 0 Å². The molecular formula is C17H21N5O2. The van der Waals surface area contributed by atoms with Crippen molar-refractivity contribution in [3.8, 4) is 0 Å². The lowest BCUT2D eigenvalue weighted by atomic mass is 10.1. The second-order valence-electron chi connectivity index (χ2n) is 5.76. The largest absolute Gasteiger partial charge is 0.393 e. The lowest BCUT2D eigenvalue weighted by Crippen LogP contribution is -2.20. The second-order valence-corrected chi connectivity index (χ2v) is 5.76. The Morgan fingerprint density at radius 2 is 2.04 bits per heavy atom. The van der Waals surface area contributed by atoms with E-state index in [1.54, 1.807) is 12.1 Å².